The van der Waals surface area contributed by atoms with Crippen LogP contribution in [0.25, 0.3) is 0 Å². The average Bonchev–Trinajstić information content (AvgIpc) is 3.17. The highest BCUT2D eigenvalue weighted by Gasteiger charge is 2.40. The van der Waals surface area contributed by atoms with E-state index in [-0.39, 0.29) is 24.5 Å². The van der Waals surface area contributed by atoms with Gasteiger partial charge in [0.25, 0.3) is 5.91 Å². The molecule has 3 rings (SSSR count). The molecule has 1 unspecified atom stereocenters. The van der Waals surface area contributed by atoms with Crippen molar-refractivity contribution >= 4 is 11.9 Å². The highest BCUT2D eigenvalue weighted by Crippen LogP contribution is 2.33. The average molecular weight is 361 g/mol. The molecule has 0 aromatic heterocycles. The third-order valence-corrected chi connectivity index (χ3v) is 5.50. The lowest BCUT2D eigenvalue weighted by Gasteiger charge is -2.35. The molecule has 1 N–H and O–H groups in total. The van der Waals surface area contributed by atoms with Gasteiger partial charge in [0.15, 0.2) is 6.61 Å². The number of nitrogens with zero attached hydrogens (tertiary/aromatic N) is 1. The van der Waals surface area contributed by atoms with E-state index >= 15 is 0 Å². The van der Waals surface area contributed by atoms with Gasteiger partial charge in [-0.1, -0.05) is 19.1 Å². The molecule has 142 valence electrons. The largest absolute Gasteiger partial charge is 0.484 e. The Hall–Kier alpha value is -2.08. The summed E-state index contributed by atoms with van der Waals surface area (Å²) in [4.78, 5) is 25.5. The molecule has 2 aliphatic rings. The molecule has 0 radical (unpaired) electrons. The first kappa shape index (κ1) is 18.7. The number of carboxylic acids is 1. The number of ether oxygens (including phenoxy) is 2. The molecule has 1 aromatic carbocycles. The topological polar surface area (TPSA) is 76.1 Å². The number of likely N-dealkylation sites (tertiary alicyclic amines) is 1. The van der Waals surface area contributed by atoms with E-state index in [4.69, 9.17) is 9.47 Å². The quantitative estimate of drug-likeness (QED) is 0.842. The van der Waals surface area contributed by atoms with Crippen LogP contribution in [0.3, 0.4) is 0 Å². The van der Waals surface area contributed by atoms with Gasteiger partial charge in [-0.3, -0.25) is 9.59 Å². The molecule has 0 saturated carbocycles. The molecular formula is C20H27NO5. The zero-order valence-electron chi connectivity index (χ0n) is 15.2. The van der Waals surface area contributed by atoms with E-state index < -0.39 is 11.9 Å². The van der Waals surface area contributed by atoms with E-state index in [1.807, 2.05) is 29.2 Å². The van der Waals surface area contributed by atoms with Crippen LogP contribution in [-0.2, 0) is 20.7 Å². The second-order valence-electron chi connectivity index (χ2n) is 7.07. The summed E-state index contributed by atoms with van der Waals surface area (Å²) in [6.07, 6.45) is 2.92. The number of aliphatic carboxylic acids is 1. The van der Waals surface area contributed by atoms with Crippen molar-refractivity contribution in [3.05, 3.63) is 29.8 Å². The van der Waals surface area contributed by atoms with E-state index in [0.29, 0.717) is 31.9 Å². The lowest BCUT2D eigenvalue weighted by Crippen LogP contribution is -2.44. The molecule has 0 aliphatic carbocycles. The molecule has 2 saturated heterocycles. The van der Waals surface area contributed by atoms with Crippen molar-refractivity contribution in [3.63, 3.8) is 0 Å². The van der Waals surface area contributed by atoms with Gasteiger partial charge in [-0.15, -0.1) is 0 Å². The number of carboxylic acid groups (broad SMARTS) is 1. The number of hydrogen-bond acceptors (Lipinski definition) is 4. The summed E-state index contributed by atoms with van der Waals surface area (Å²) < 4.78 is 11.3. The molecule has 6 heteroatoms. The summed E-state index contributed by atoms with van der Waals surface area (Å²) in [6.45, 7) is 3.92. The molecule has 2 fully saturated rings. The lowest BCUT2D eigenvalue weighted by atomic mass is 9.84. The van der Waals surface area contributed by atoms with Crippen molar-refractivity contribution < 1.29 is 24.2 Å². The molecule has 26 heavy (non-hydrogen) atoms. The highest BCUT2D eigenvalue weighted by molar-refractivity contribution is 5.77. The predicted molar refractivity (Wildman–Crippen MR) is 96.1 cm³/mol. The summed E-state index contributed by atoms with van der Waals surface area (Å²) in [7, 11) is 0. The van der Waals surface area contributed by atoms with Crippen molar-refractivity contribution in [2.45, 2.75) is 38.7 Å². The maximum Gasteiger partial charge on any atom is 0.309 e. The SMILES string of the molecule is CCc1ccc(OCC(=O)N2CCC([C@@H]3OCCC3C(=O)O)CC2)cc1. The summed E-state index contributed by atoms with van der Waals surface area (Å²) in [5.41, 5.74) is 1.24. The zero-order chi connectivity index (χ0) is 18.5. The fourth-order valence-electron chi connectivity index (χ4n) is 3.88. The van der Waals surface area contributed by atoms with Crippen LogP contribution in [0.4, 0.5) is 0 Å². The molecule has 2 heterocycles. The molecule has 0 bridgehead atoms. The van der Waals surface area contributed by atoms with Crippen LogP contribution in [0, 0.1) is 11.8 Å². The molecule has 1 aromatic rings. The number of carbonyl (C=O) groups excluding carboxylic acids is 1. The zero-order valence-corrected chi connectivity index (χ0v) is 15.2. The Morgan fingerprint density at radius 1 is 1.19 bits per heavy atom. The van der Waals surface area contributed by atoms with Crippen LogP contribution >= 0.6 is 0 Å². The fourth-order valence-corrected chi connectivity index (χ4v) is 3.88. The Kier molecular flexibility index (Phi) is 6.14. The lowest BCUT2D eigenvalue weighted by molar-refractivity contribution is -0.146. The van der Waals surface area contributed by atoms with Crippen molar-refractivity contribution in [2.75, 3.05) is 26.3 Å². The number of piperidine rings is 1. The second-order valence-corrected chi connectivity index (χ2v) is 7.07. The Bertz CT molecular complexity index is 622. The van der Waals surface area contributed by atoms with Crippen LogP contribution in [0.5, 0.6) is 5.75 Å². The van der Waals surface area contributed by atoms with Gasteiger partial charge in [-0.05, 0) is 49.3 Å². The van der Waals surface area contributed by atoms with Gasteiger partial charge < -0.3 is 19.5 Å². The summed E-state index contributed by atoms with van der Waals surface area (Å²) in [5, 5.41) is 9.30. The number of amides is 1. The third kappa shape index (κ3) is 4.36. The molecular weight excluding hydrogens is 334 g/mol. The van der Waals surface area contributed by atoms with Crippen LogP contribution in [0.15, 0.2) is 24.3 Å². The van der Waals surface area contributed by atoms with Crippen molar-refractivity contribution in [2.24, 2.45) is 11.8 Å². The number of aryl methyl sites for hydroxylation is 1. The fraction of sp³-hybridized carbons (Fsp3) is 0.600. The van der Waals surface area contributed by atoms with E-state index in [2.05, 4.69) is 6.92 Å². The Morgan fingerprint density at radius 2 is 1.88 bits per heavy atom. The second kappa shape index (κ2) is 8.54. The molecule has 0 spiro atoms. The first-order chi connectivity index (χ1) is 12.6. The molecule has 6 nitrogen and oxygen atoms in total. The smallest absolute Gasteiger partial charge is 0.309 e. The third-order valence-electron chi connectivity index (χ3n) is 5.50. The highest BCUT2D eigenvalue weighted by atomic mass is 16.5. The first-order valence-electron chi connectivity index (χ1n) is 9.42. The van der Waals surface area contributed by atoms with Crippen LogP contribution in [-0.4, -0.2) is 54.3 Å². The van der Waals surface area contributed by atoms with Gasteiger partial charge in [0, 0.05) is 19.7 Å². The van der Waals surface area contributed by atoms with Crippen LogP contribution in [0.2, 0.25) is 0 Å². The van der Waals surface area contributed by atoms with Crippen molar-refractivity contribution in [1.29, 1.82) is 0 Å². The Morgan fingerprint density at radius 3 is 2.50 bits per heavy atom. The maximum atomic E-state index is 12.4. The monoisotopic (exact) mass is 361 g/mol. The summed E-state index contributed by atoms with van der Waals surface area (Å²) in [6, 6.07) is 7.79. The van der Waals surface area contributed by atoms with Gasteiger partial charge in [-0.25, -0.2) is 0 Å². The predicted octanol–water partition coefficient (Wildman–Crippen LogP) is 2.36. The summed E-state index contributed by atoms with van der Waals surface area (Å²) in [5.74, 6) is -0.283. The van der Waals surface area contributed by atoms with E-state index in [1.54, 1.807) is 0 Å². The molecule has 2 atom stereocenters. The van der Waals surface area contributed by atoms with Gasteiger partial charge in [0.05, 0.1) is 12.0 Å². The normalized spacial score (nSPS) is 23.8. The van der Waals surface area contributed by atoms with Gasteiger partial charge in [0.1, 0.15) is 5.75 Å². The van der Waals surface area contributed by atoms with Crippen molar-refractivity contribution in [1.82, 2.24) is 4.90 Å². The Balaban J connectivity index is 1.45. The van der Waals surface area contributed by atoms with Crippen molar-refractivity contribution in [3.8, 4) is 5.75 Å². The minimum Gasteiger partial charge on any atom is -0.484 e. The van der Waals surface area contributed by atoms with Crippen LogP contribution < -0.4 is 4.74 Å². The number of carbonyl (C=O) groups is 2. The van der Waals surface area contributed by atoms with Gasteiger partial charge in [-0.2, -0.15) is 0 Å². The van der Waals surface area contributed by atoms with E-state index in [1.165, 1.54) is 5.56 Å². The first-order valence-corrected chi connectivity index (χ1v) is 9.42. The Labute approximate surface area is 154 Å². The van der Waals surface area contributed by atoms with Crippen LogP contribution in [0.1, 0.15) is 31.7 Å². The minimum atomic E-state index is -0.770. The minimum absolute atomic E-state index is 0.0230. The maximum absolute atomic E-state index is 12.4. The molecule has 1 amide bonds. The van der Waals surface area contributed by atoms with E-state index in [9.17, 15) is 14.7 Å². The standard InChI is InChI=1S/C20H27NO5/c1-2-14-3-5-16(6-4-14)26-13-18(22)21-10-7-15(8-11-21)19-17(20(23)24)9-12-25-19/h3-6,15,17,19H,2,7-13H2,1H3,(H,23,24)/t17?,19-/m0/s1. The number of rotatable bonds is 6. The number of benzene rings is 1. The van der Waals surface area contributed by atoms with Gasteiger partial charge >= 0.3 is 5.97 Å². The van der Waals surface area contributed by atoms with Gasteiger partial charge in [0.2, 0.25) is 0 Å². The summed E-state index contributed by atoms with van der Waals surface area (Å²) >= 11 is 0. The molecule has 2 aliphatic heterocycles. The number of hydrogen-bond donors (Lipinski definition) is 1. The van der Waals surface area contributed by atoms with E-state index in [0.717, 1.165) is 19.3 Å².